The fourth-order valence-electron chi connectivity index (χ4n) is 2.46. The van der Waals surface area contributed by atoms with Crippen LogP contribution in [0.5, 0.6) is 11.5 Å². The number of hydrogen-bond donors (Lipinski definition) is 2. The summed E-state index contributed by atoms with van der Waals surface area (Å²) in [5.74, 6) is 1.01. The Hall–Kier alpha value is -3.06. The van der Waals surface area contributed by atoms with Gasteiger partial charge in [-0.1, -0.05) is 13.0 Å². The van der Waals surface area contributed by atoms with Crippen LogP contribution in [0.4, 0.5) is 11.4 Å². The molecule has 2 aromatic rings. The van der Waals surface area contributed by atoms with Gasteiger partial charge >= 0.3 is 0 Å². The zero-order chi connectivity index (χ0) is 19.6. The molecule has 0 unspecified atom stereocenters. The van der Waals surface area contributed by atoms with Gasteiger partial charge in [0.15, 0.2) is 0 Å². The highest BCUT2D eigenvalue weighted by Gasteiger charge is 2.14. The van der Waals surface area contributed by atoms with E-state index in [1.54, 1.807) is 67.7 Å². The summed E-state index contributed by atoms with van der Waals surface area (Å²) < 4.78 is 10.2. The van der Waals surface area contributed by atoms with E-state index >= 15 is 0 Å². The van der Waals surface area contributed by atoms with Crippen LogP contribution in [0.25, 0.3) is 0 Å². The summed E-state index contributed by atoms with van der Waals surface area (Å²) in [6.07, 6.45) is 0. The van der Waals surface area contributed by atoms with Gasteiger partial charge in [0.05, 0.1) is 27.3 Å². The predicted octanol–water partition coefficient (Wildman–Crippen LogP) is 2.60. The molecule has 0 radical (unpaired) electrons. The number of ether oxygens (including phenoxy) is 2. The van der Waals surface area contributed by atoms with Crippen LogP contribution in [0.1, 0.15) is 6.92 Å². The number of likely N-dealkylation sites (N-methyl/N-ethyl adjacent to an activating group) is 1. The average Bonchev–Trinajstić information content (AvgIpc) is 2.68. The van der Waals surface area contributed by atoms with Crippen LogP contribution in [0.15, 0.2) is 48.5 Å². The van der Waals surface area contributed by atoms with E-state index in [2.05, 4.69) is 10.6 Å². The molecule has 0 saturated heterocycles. The summed E-state index contributed by atoms with van der Waals surface area (Å²) in [5.41, 5.74) is 1.33. The number of hydrogen-bond acceptors (Lipinski definition) is 5. The molecule has 0 heterocycles. The average molecular weight is 371 g/mol. The number of nitrogens with one attached hydrogen (secondary N) is 2. The third kappa shape index (κ3) is 6.63. The van der Waals surface area contributed by atoms with Gasteiger partial charge in [-0.2, -0.15) is 0 Å². The van der Waals surface area contributed by atoms with Crippen molar-refractivity contribution in [2.24, 2.45) is 0 Å². The molecule has 0 aliphatic rings. The molecule has 2 rings (SSSR count). The van der Waals surface area contributed by atoms with Crippen LogP contribution < -0.4 is 20.1 Å². The first kappa shape index (κ1) is 20.3. The van der Waals surface area contributed by atoms with Gasteiger partial charge in [0.1, 0.15) is 11.5 Å². The van der Waals surface area contributed by atoms with Crippen molar-refractivity contribution >= 4 is 23.2 Å². The molecule has 2 amide bonds. The topological polar surface area (TPSA) is 79.9 Å². The van der Waals surface area contributed by atoms with Gasteiger partial charge in [0.2, 0.25) is 11.8 Å². The molecule has 0 fully saturated rings. The number of benzene rings is 2. The number of amides is 2. The number of nitrogens with zero attached hydrogens (tertiary/aromatic N) is 1. The van der Waals surface area contributed by atoms with Gasteiger partial charge in [-0.15, -0.1) is 0 Å². The molecule has 0 aliphatic heterocycles. The summed E-state index contributed by atoms with van der Waals surface area (Å²) >= 11 is 0. The van der Waals surface area contributed by atoms with Crippen molar-refractivity contribution in [2.75, 3.05) is 44.5 Å². The van der Waals surface area contributed by atoms with Crippen molar-refractivity contribution in [1.29, 1.82) is 0 Å². The Bertz CT molecular complexity index is 762. The van der Waals surface area contributed by atoms with E-state index in [-0.39, 0.29) is 24.9 Å². The van der Waals surface area contributed by atoms with Crippen molar-refractivity contribution < 1.29 is 19.1 Å². The minimum Gasteiger partial charge on any atom is -0.497 e. The summed E-state index contributed by atoms with van der Waals surface area (Å²) in [7, 11) is 3.16. The maximum absolute atomic E-state index is 12.3. The fourth-order valence-corrected chi connectivity index (χ4v) is 2.46. The first-order valence-electron chi connectivity index (χ1n) is 8.64. The van der Waals surface area contributed by atoms with Crippen molar-refractivity contribution in [2.45, 2.75) is 6.92 Å². The van der Waals surface area contributed by atoms with Crippen molar-refractivity contribution in [3.63, 3.8) is 0 Å². The standard InChI is InChI=1S/C20H25N3O4/c1-4-23(13-19(24)21-15-8-10-17(26-2)11-9-15)14-20(25)22-16-6-5-7-18(12-16)27-3/h5-12H,4,13-14H2,1-3H3,(H,21,24)(H,22,25). The highest BCUT2D eigenvalue weighted by Crippen LogP contribution is 2.17. The Morgan fingerprint density at radius 3 is 2.00 bits per heavy atom. The van der Waals surface area contributed by atoms with Crippen LogP contribution in [0, 0.1) is 0 Å². The second-order valence-electron chi connectivity index (χ2n) is 5.86. The summed E-state index contributed by atoms with van der Waals surface area (Å²) in [5, 5.41) is 5.62. The Labute approximate surface area is 159 Å². The zero-order valence-corrected chi connectivity index (χ0v) is 15.8. The van der Waals surface area contributed by atoms with E-state index < -0.39 is 0 Å². The lowest BCUT2D eigenvalue weighted by atomic mass is 10.3. The van der Waals surface area contributed by atoms with Gasteiger partial charge < -0.3 is 20.1 Å². The van der Waals surface area contributed by atoms with Gasteiger partial charge in [-0.3, -0.25) is 14.5 Å². The number of carbonyl (C=O) groups excluding carboxylic acids is 2. The van der Waals surface area contributed by atoms with Crippen LogP contribution >= 0.6 is 0 Å². The Kier molecular flexibility index (Phi) is 7.63. The molecule has 144 valence electrons. The van der Waals surface area contributed by atoms with Crippen molar-refractivity contribution in [1.82, 2.24) is 4.90 Å². The van der Waals surface area contributed by atoms with E-state index in [0.717, 1.165) is 5.75 Å². The van der Waals surface area contributed by atoms with Crippen molar-refractivity contribution in [3.8, 4) is 11.5 Å². The first-order chi connectivity index (χ1) is 13.0. The molecule has 2 aromatic carbocycles. The highest BCUT2D eigenvalue weighted by atomic mass is 16.5. The van der Waals surface area contributed by atoms with E-state index in [1.165, 1.54) is 0 Å². The van der Waals surface area contributed by atoms with Crippen molar-refractivity contribution in [3.05, 3.63) is 48.5 Å². The van der Waals surface area contributed by atoms with Crippen LogP contribution in [0.2, 0.25) is 0 Å². The molecule has 2 N–H and O–H groups in total. The molecular weight excluding hydrogens is 346 g/mol. The molecule has 0 bridgehead atoms. The molecule has 0 aliphatic carbocycles. The Morgan fingerprint density at radius 1 is 0.852 bits per heavy atom. The second-order valence-corrected chi connectivity index (χ2v) is 5.86. The minimum atomic E-state index is -0.192. The maximum atomic E-state index is 12.3. The lowest BCUT2D eigenvalue weighted by Crippen LogP contribution is -2.38. The normalized spacial score (nSPS) is 10.4. The monoisotopic (exact) mass is 371 g/mol. The molecule has 0 spiro atoms. The molecule has 0 aromatic heterocycles. The third-order valence-corrected chi connectivity index (χ3v) is 3.91. The lowest BCUT2D eigenvalue weighted by molar-refractivity contribution is -0.119. The molecule has 27 heavy (non-hydrogen) atoms. The zero-order valence-electron chi connectivity index (χ0n) is 15.8. The third-order valence-electron chi connectivity index (χ3n) is 3.91. The number of rotatable bonds is 9. The van der Waals surface area contributed by atoms with Gasteiger partial charge in [0, 0.05) is 17.4 Å². The van der Waals surface area contributed by atoms with E-state index in [0.29, 0.717) is 23.7 Å². The van der Waals surface area contributed by atoms with Gasteiger partial charge in [0.25, 0.3) is 0 Å². The van der Waals surface area contributed by atoms with Crippen LogP contribution in [-0.4, -0.2) is 50.6 Å². The van der Waals surface area contributed by atoms with E-state index in [1.807, 2.05) is 6.92 Å². The quantitative estimate of drug-likeness (QED) is 0.708. The minimum absolute atomic E-state index is 0.115. The number of methoxy groups -OCH3 is 2. The summed E-state index contributed by atoms with van der Waals surface area (Å²) in [4.78, 5) is 26.2. The highest BCUT2D eigenvalue weighted by molar-refractivity contribution is 5.94. The maximum Gasteiger partial charge on any atom is 0.238 e. The lowest BCUT2D eigenvalue weighted by Gasteiger charge is -2.19. The van der Waals surface area contributed by atoms with Crippen LogP contribution in [-0.2, 0) is 9.59 Å². The first-order valence-corrected chi connectivity index (χ1v) is 8.64. The second kappa shape index (κ2) is 10.2. The Balaban J connectivity index is 1.85. The van der Waals surface area contributed by atoms with E-state index in [9.17, 15) is 9.59 Å². The van der Waals surface area contributed by atoms with Gasteiger partial charge in [-0.25, -0.2) is 0 Å². The molecule has 7 nitrogen and oxygen atoms in total. The number of carbonyl (C=O) groups is 2. The van der Waals surface area contributed by atoms with Crippen LogP contribution in [0.3, 0.4) is 0 Å². The summed E-state index contributed by atoms with van der Waals surface area (Å²) in [6, 6.07) is 14.2. The molecular formula is C20H25N3O4. The van der Waals surface area contributed by atoms with E-state index in [4.69, 9.17) is 9.47 Å². The summed E-state index contributed by atoms with van der Waals surface area (Å²) in [6.45, 7) is 2.71. The van der Waals surface area contributed by atoms with Gasteiger partial charge in [-0.05, 0) is 42.9 Å². The predicted molar refractivity (Wildman–Crippen MR) is 105 cm³/mol. The SMILES string of the molecule is CCN(CC(=O)Nc1ccc(OC)cc1)CC(=O)Nc1cccc(OC)c1. The molecule has 7 heteroatoms. The molecule has 0 atom stereocenters. The molecule has 0 saturated carbocycles. The Morgan fingerprint density at radius 2 is 1.44 bits per heavy atom. The largest absolute Gasteiger partial charge is 0.497 e. The number of anilines is 2. The smallest absolute Gasteiger partial charge is 0.238 e. The fraction of sp³-hybridized carbons (Fsp3) is 0.300.